The van der Waals surface area contributed by atoms with Crippen molar-refractivity contribution in [1.29, 1.82) is 0 Å². The summed E-state index contributed by atoms with van der Waals surface area (Å²) in [4.78, 5) is 16.9. The van der Waals surface area contributed by atoms with Gasteiger partial charge in [0, 0.05) is 26.8 Å². The number of likely N-dealkylation sites (N-methyl/N-ethyl adjacent to an activating group) is 1. The Morgan fingerprint density at radius 3 is 2.53 bits per heavy atom. The number of rotatable bonds is 5. The van der Waals surface area contributed by atoms with Gasteiger partial charge in [-0.25, -0.2) is 8.42 Å². The molecule has 1 aromatic heterocycles. The second kappa shape index (κ2) is 6.09. The molecule has 1 atom stereocenters. The average molecular weight is 286 g/mol. The summed E-state index contributed by atoms with van der Waals surface area (Å²) in [6.45, 7) is 1.73. The number of carbonyl (C=O) groups is 1. The third-order valence-corrected chi connectivity index (χ3v) is 3.99. The van der Waals surface area contributed by atoms with Gasteiger partial charge in [-0.2, -0.15) is 4.72 Å². The summed E-state index contributed by atoms with van der Waals surface area (Å²) < 4.78 is 26.3. The van der Waals surface area contributed by atoms with Gasteiger partial charge in [0.05, 0.1) is 11.7 Å². The molecule has 1 aromatic rings. The summed E-state index contributed by atoms with van der Waals surface area (Å²) in [7, 11) is -0.643. The molecule has 8 heteroatoms. The summed E-state index contributed by atoms with van der Waals surface area (Å²) in [6, 6.07) is 2.10. The fourth-order valence-corrected chi connectivity index (χ4v) is 2.57. The van der Waals surface area contributed by atoms with Gasteiger partial charge >= 0.3 is 0 Å². The Labute approximate surface area is 112 Å². The van der Waals surface area contributed by atoms with Gasteiger partial charge in [0.1, 0.15) is 4.90 Å². The number of carbonyl (C=O) groups excluding carboxylic acids is 1. The molecule has 0 saturated carbocycles. The van der Waals surface area contributed by atoms with Crippen LogP contribution >= 0.6 is 0 Å². The standard InChI is InChI=1S/C11H18N4O3S/c1-8(11(16)15(2)3)14-19(17,18)10-5-4-9(6-12)13-7-10/h4-5,7-8,14H,6,12H2,1-3H3. The molecular weight excluding hydrogens is 268 g/mol. The minimum absolute atomic E-state index is 0.00288. The summed E-state index contributed by atoms with van der Waals surface area (Å²) in [6.07, 6.45) is 1.22. The topological polar surface area (TPSA) is 105 Å². The van der Waals surface area contributed by atoms with Crippen molar-refractivity contribution in [2.75, 3.05) is 14.1 Å². The van der Waals surface area contributed by atoms with Crippen LogP contribution in [-0.2, 0) is 21.4 Å². The highest BCUT2D eigenvalue weighted by atomic mass is 32.2. The first kappa shape index (κ1) is 15.5. The summed E-state index contributed by atoms with van der Waals surface area (Å²) in [5, 5.41) is 0. The van der Waals surface area contributed by atoms with Crippen molar-refractivity contribution < 1.29 is 13.2 Å². The van der Waals surface area contributed by atoms with E-state index in [0.717, 1.165) is 0 Å². The molecule has 0 fully saturated rings. The smallest absolute Gasteiger partial charge is 0.242 e. The van der Waals surface area contributed by atoms with Crippen molar-refractivity contribution >= 4 is 15.9 Å². The summed E-state index contributed by atoms with van der Waals surface area (Å²) in [5.41, 5.74) is 5.98. The number of hydrogen-bond acceptors (Lipinski definition) is 5. The lowest BCUT2D eigenvalue weighted by atomic mass is 10.3. The molecule has 0 aromatic carbocycles. The molecule has 3 N–H and O–H groups in total. The van der Waals surface area contributed by atoms with Gasteiger partial charge in [-0.05, 0) is 19.1 Å². The Morgan fingerprint density at radius 2 is 2.11 bits per heavy atom. The van der Waals surface area contributed by atoms with Crippen molar-refractivity contribution in [1.82, 2.24) is 14.6 Å². The predicted molar refractivity (Wildman–Crippen MR) is 70.6 cm³/mol. The first-order valence-electron chi connectivity index (χ1n) is 5.66. The van der Waals surface area contributed by atoms with Gasteiger partial charge in [-0.1, -0.05) is 0 Å². The molecule has 0 bridgehead atoms. The molecule has 0 saturated heterocycles. The molecule has 0 spiro atoms. The van der Waals surface area contributed by atoms with E-state index in [2.05, 4.69) is 9.71 Å². The zero-order valence-corrected chi connectivity index (χ0v) is 11.9. The van der Waals surface area contributed by atoms with Crippen molar-refractivity contribution in [2.45, 2.75) is 24.4 Å². The van der Waals surface area contributed by atoms with E-state index in [1.165, 1.54) is 30.2 Å². The molecule has 1 rings (SSSR count). The fourth-order valence-electron chi connectivity index (χ4n) is 1.43. The highest BCUT2D eigenvalue weighted by Gasteiger charge is 2.23. The normalized spacial score (nSPS) is 13.1. The number of nitrogens with one attached hydrogen (secondary N) is 1. The van der Waals surface area contributed by atoms with E-state index < -0.39 is 16.1 Å². The van der Waals surface area contributed by atoms with Crippen molar-refractivity contribution in [3.8, 4) is 0 Å². The zero-order chi connectivity index (χ0) is 14.6. The van der Waals surface area contributed by atoms with E-state index in [0.29, 0.717) is 5.69 Å². The molecule has 1 unspecified atom stereocenters. The van der Waals surface area contributed by atoms with Crippen LogP contribution < -0.4 is 10.5 Å². The Morgan fingerprint density at radius 1 is 1.47 bits per heavy atom. The monoisotopic (exact) mass is 286 g/mol. The number of aromatic nitrogens is 1. The summed E-state index contributed by atoms with van der Waals surface area (Å²) in [5.74, 6) is -0.324. The van der Waals surface area contributed by atoms with Crippen LogP contribution in [0.4, 0.5) is 0 Å². The van der Waals surface area contributed by atoms with Gasteiger partial charge < -0.3 is 10.6 Å². The van der Waals surface area contributed by atoms with Crippen LogP contribution in [0.5, 0.6) is 0 Å². The van der Waals surface area contributed by atoms with Crippen LogP contribution in [-0.4, -0.2) is 44.3 Å². The predicted octanol–water partition coefficient (Wildman–Crippen LogP) is -0.705. The van der Waals surface area contributed by atoms with Crippen LogP contribution in [0.25, 0.3) is 0 Å². The second-order valence-corrected chi connectivity index (χ2v) is 5.98. The SMILES string of the molecule is CC(NS(=O)(=O)c1ccc(CN)nc1)C(=O)N(C)C. The van der Waals surface area contributed by atoms with Crippen molar-refractivity contribution in [3.05, 3.63) is 24.0 Å². The van der Waals surface area contributed by atoms with E-state index in [4.69, 9.17) is 5.73 Å². The number of nitrogens with two attached hydrogens (primary N) is 1. The van der Waals surface area contributed by atoms with Crippen molar-refractivity contribution in [2.24, 2.45) is 5.73 Å². The number of amides is 1. The molecule has 0 aliphatic carbocycles. The maximum Gasteiger partial charge on any atom is 0.242 e. The molecular formula is C11H18N4O3S. The molecule has 19 heavy (non-hydrogen) atoms. The van der Waals surface area contributed by atoms with E-state index in [1.807, 2.05) is 0 Å². The van der Waals surface area contributed by atoms with Gasteiger partial charge in [0.25, 0.3) is 0 Å². The Kier molecular flexibility index (Phi) is 4.98. The zero-order valence-electron chi connectivity index (χ0n) is 11.1. The van der Waals surface area contributed by atoms with Gasteiger partial charge in [-0.15, -0.1) is 0 Å². The third-order valence-electron chi connectivity index (χ3n) is 2.46. The molecule has 7 nitrogen and oxygen atoms in total. The molecule has 0 radical (unpaired) electrons. The molecule has 0 aliphatic rings. The maximum atomic E-state index is 12.0. The number of sulfonamides is 1. The van der Waals surface area contributed by atoms with Crippen LogP contribution in [0.2, 0.25) is 0 Å². The van der Waals surface area contributed by atoms with Gasteiger partial charge in [-0.3, -0.25) is 9.78 Å². The molecule has 1 heterocycles. The van der Waals surface area contributed by atoms with Crippen LogP contribution in [0, 0.1) is 0 Å². The van der Waals surface area contributed by atoms with Crippen LogP contribution in [0.1, 0.15) is 12.6 Å². The number of pyridine rings is 1. The Hall–Kier alpha value is -1.51. The lowest BCUT2D eigenvalue weighted by Gasteiger charge is -2.17. The Bertz CT molecular complexity index is 540. The van der Waals surface area contributed by atoms with E-state index in [1.54, 1.807) is 14.1 Å². The van der Waals surface area contributed by atoms with Gasteiger partial charge in [0.2, 0.25) is 15.9 Å². The quantitative estimate of drug-likeness (QED) is 0.744. The van der Waals surface area contributed by atoms with Crippen LogP contribution in [0.15, 0.2) is 23.2 Å². The van der Waals surface area contributed by atoms with Crippen molar-refractivity contribution in [3.63, 3.8) is 0 Å². The fraction of sp³-hybridized carbons (Fsp3) is 0.455. The van der Waals surface area contributed by atoms with E-state index in [-0.39, 0.29) is 17.3 Å². The van der Waals surface area contributed by atoms with Crippen LogP contribution in [0.3, 0.4) is 0 Å². The second-order valence-electron chi connectivity index (χ2n) is 4.27. The molecule has 1 amide bonds. The largest absolute Gasteiger partial charge is 0.347 e. The average Bonchev–Trinajstić information content (AvgIpc) is 2.37. The summed E-state index contributed by atoms with van der Waals surface area (Å²) >= 11 is 0. The highest BCUT2D eigenvalue weighted by Crippen LogP contribution is 2.08. The lowest BCUT2D eigenvalue weighted by Crippen LogP contribution is -2.44. The molecule has 106 valence electrons. The minimum Gasteiger partial charge on any atom is -0.347 e. The first-order chi connectivity index (χ1) is 8.77. The van der Waals surface area contributed by atoms with E-state index >= 15 is 0 Å². The lowest BCUT2D eigenvalue weighted by molar-refractivity contribution is -0.130. The minimum atomic E-state index is -3.76. The Balaban J connectivity index is 2.89. The first-order valence-corrected chi connectivity index (χ1v) is 7.14. The number of hydrogen-bond donors (Lipinski definition) is 2. The van der Waals surface area contributed by atoms with E-state index in [9.17, 15) is 13.2 Å². The molecule has 0 aliphatic heterocycles. The third kappa shape index (κ3) is 3.98. The maximum absolute atomic E-state index is 12.0. The van der Waals surface area contributed by atoms with Gasteiger partial charge in [0.15, 0.2) is 0 Å². The number of nitrogens with zero attached hydrogens (tertiary/aromatic N) is 2. The highest BCUT2D eigenvalue weighted by molar-refractivity contribution is 7.89.